The quantitative estimate of drug-likeness (QED) is 0.768. The van der Waals surface area contributed by atoms with E-state index in [1.54, 1.807) is 49.4 Å². The summed E-state index contributed by atoms with van der Waals surface area (Å²) in [5.41, 5.74) is 1.48. The van der Waals surface area contributed by atoms with E-state index in [4.69, 9.17) is 16.3 Å². The molecule has 0 atom stereocenters. The Morgan fingerprint density at radius 1 is 1.32 bits per heavy atom. The number of anilines is 1. The van der Waals surface area contributed by atoms with E-state index in [-0.39, 0.29) is 11.3 Å². The molecule has 0 aromatic heterocycles. The van der Waals surface area contributed by atoms with Crippen molar-refractivity contribution in [2.24, 2.45) is 0 Å². The van der Waals surface area contributed by atoms with Crippen LogP contribution in [0.5, 0.6) is 5.75 Å². The first-order chi connectivity index (χ1) is 10.4. The molecule has 0 unspecified atom stereocenters. The molecular formula is C17H17ClFNO2. The predicted octanol–water partition coefficient (Wildman–Crippen LogP) is 4.33. The Morgan fingerprint density at radius 3 is 2.68 bits per heavy atom. The Bertz CT molecular complexity index is 703. The van der Waals surface area contributed by atoms with E-state index in [9.17, 15) is 9.18 Å². The number of Topliss-reactive ketones (excluding diaryl/α,β-unsaturated/α-hetero) is 1. The molecule has 0 saturated heterocycles. The molecule has 2 aromatic carbocycles. The van der Waals surface area contributed by atoms with Crippen LogP contribution in [0.15, 0.2) is 36.4 Å². The van der Waals surface area contributed by atoms with Crippen molar-refractivity contribution >= 4 is 23.1 Å². The van der Waals surface area contributed by atoms with Gasteiger partial charge in [-0.1, -0.05) is 17.7 Å². The van der Waals surface area contributed by atoms with E-state index >= 15 is 0 Å². The second kappa shape index (κ2) is 6.79. The smallest absolute Gasteiger partial charge is 0.164 e. The number of halogens is 2. The summed E-state index contributed by atoms with van der Waals surface area (Å²) < 4.78 is 19.2. The maximum atomic E-state index is 13.9. The van der Waals surface area contributed by atoms with Gasteiger partial charge in [-0.3, -0.25) is 4.79 Å². The average molecular weight is 322 g/mol. The molecule has 0 fully saturated rings. The lowest BCUT2D eigenvalue weighted by Crippen LogP contribution is -2.20. The van der Waals surface area contributed by atoms with Crippen LogP contribution in [0.25, 0.3) is 0 Å². The number of benzene rings is 2. The lowest BCUT2D eigenvalue weighted by atomic mass is 10.1. The fourth-order valence-corrected chi connectivity index (χ4v) is 2.59. The number of methoxy groups -OCH3 is 1. The first-order valence-electron chi connectivity index (χ1n) is 6.77. The molecule has 3 nitrogen and oxygen atoms in total. The largest absolute Gasteiger partial charge is 0.496 e. The predicted molar refractivity (Wildman–Crippen MR) is 86.5 cm³/mol. The summed E-state index contributed by atoms with van der Waals surface area (Å²) in [6, 6.07) is 9.91. The summed E-state index contributed by atoms with van der Waals surface area (Å²) in [6.07, 6.45) is 0. The van der Waals surface area contributed by atoms with E-state index < -0.39 is 5.82 Å². The third kappa shape index (κ3) is 3.39. The molecule has 0 bridgehead atoms. The first-order valence-corrected chi connectivity index (χ1v) is 7.15. The van der Waals surface area contributed by atoms with Crippen LogP contribution in [-0.2, 0) is 6.54 Å². The van der Waals surface area contributed by atoms with E-state index in [0.717, 1.165) is 5.56 Å². The first kappa shape index (κ1) is 16.3. The minimum absolute atomic E-state index is 0.0889. The molecule has 0 radical (unpaired) electrons. The van der Waals surface area contributed by atoms with Crippen molar-refractivity contribution in [2.45, 2.75) is 13.5 Å². The van der Waals surface area contributed by atoms with Crippen molar-refractivity contribution in [1.29, 1.82) is 0 Å². The van der Waals surface area contributed by atoms with Crippen LogP contribution < -0.4 is 9.64 Å². The van der Waals surface area contributed by atoms with Gasteiger partial charge in [0, 0.05) is 24.2 Å². The molecule has 0 amide bonds. The van der Waals surface area contributed by atoms with Gasteiger partial charge in [0.05, 0.1) is 18.4 Å². The van der Waals surface area contributed by atoms with Crippen LogP contribution in [0.2, 0.25) is 5.02 Å². The molecule has 22 heavy (non-hydrogen) atoms. The lowest BCUT2D eigenvalue weighted by molar-refractivity contribution is 0.101. The molecule has 0 aliphatic rings. The van der Waals surface area contributed by atoms with E-state index in [1.165, 1.54) is 13.0 Å². The summed E-state index contributed by atoms with van der Waals surface area (Å²) in [7, 11) is 3.37. The number of hydrogen-bond acceptors (Lipinski definition) is 3. The number of carbonyl (C=O) groups excluding carboxylic acids is 1. The maximum Gasteiger partial charge on any atom is 0.164 e. The molecule has 0 spiro atoms. The van der Waals surface area contributed by atoms with Gasteiger partial charge in [0.2, 0.25) is 0 Å². The second-order valence-corrected chi connectivity index (χ2v) is 5.44. The van der Waals surface area contributed by atoms with Crippen LogP contribution >= 0.6 is 11.6 Å². The monoisotopic (exact) mass is 321 g/mol. The zero-order valence-electron chi connectivity index (χ0n) is 12.7. The molecule has 0 saturated carbocycles. The minimum Gasteiger partial charge on any atom is -0.496 e. The highest BCUT2D eigenvalue weighted by molar-refractivity contribution is 6.30. The SMILES string of the molecule is COc1ccc(Cl)cc1CN(C)c1cccc(F)c1C(C)=O. The molecule has 0 N–H and O–H groups in total. The Kier molecular flexibility index (Phi) is 5.03. The number of ketones is 1. The van der Waals surface area contributed by atoms with Crippen LogP contribution in [0.1, 0.15) is 22.8 Å². The number of carbonyl (C=O) groups is 1. The van der Waals surface area contributed by atoms with Crippen LogP contribution in [0, 0.1) is 5.82 Å². The maximum absolute atomic E-state index is 13.9. The summed E-state index contributed by atoms with van der Waals surface area (Å²) in [5.74, 6) is -0.134. The summed E-state index contributed by atoms with van der Waals surface area (Å²) in [5, 5.41) is 0.593. The zero-order chi connectivity index (χ0) is 16.3. The minimum atomic E-state index is -0.519. The van der Waals surface area contributed by atoms with Crippen LogP contribution in [0.3, 0.4) is 0 Å². The number of ether oxygens (including phenoxy) is 1. The molecular weight excluding hydrogens is 305 g/mol. The number of nitrogens with zero attached hydrogens (tertiary/aromatic N) is 1. The second-order valence-electron chi connectivity index (χ2n) is 5.00. The fourth-order valence-electron chi connectivity index (χ4n) is 2.39. The van der Waals surface area contributed by atoms with Gasteiger partial charge in [-0.2, -0.15) is 0 Å². The average Bonchev–Trinajstić information content (AvgIpc) is 2.46. The van der Waals surface area contributed by atoms with Crippen molar-refractivity contribution < 1.29 is 13.9 Å². The van der Waals surface area contributed by atoms with Crippen molar-refractivity contribution in [2.75, 3.05) is 19.1 Å². The van der Waals surface area contributed by atoms with Crippen molar-refractivity contribution in [3.63, 3.8) is 0 Å². The highest BCUT2D eigenvalue weighted by Gasteiger charge is 2.17. The summed E-state index contributed by atoms with van der Waals surface area (Å²) in [4.78, 5) is 13.5. The lowest BCUT2D eigenvalue weighted by Gasteiger charge is -2.23. The van der Waals surface area contributed by atoms with E-state index in [1.807, 2.05) is 0 Å². The van der Waals surface area contributed by atoms with Gasteiger partial charge >= 0.3 is 0 Å². The van der Waals surface area contributed by atoms with Gasteiger partial charge < -0.3 is 9.64 Å². The van der Waals surface area contributed by atoms with Gasteiger partial charge in [0.1, 0.15) is 11.6 Å². The van der Waals surface area contributed by atoms with E-state index in [2.05, 4.69) is 0 Å². The summed E-state index contributed by atoms with van der Waals surface area (Å²) in [6.45, 7) is 1.79. The van der Waals surface area contributed by atoms with Crippen LogP contribution in [-0.4, -0.2) is 19.9 Å². The Balaban J connectivity index is 2.38. The topological polar surface area (TPSA) is 29.5 Å². The molecule has 0 aliphatic carbocycles. The Hall–Kier alpha value is -2.07. The van der Waals surface area contributed by atoms with Gasteiger partial charge in [0.15, 0.2) is 5.78 Å². The highest BCUT2D eigenvalue weighted by atomic mass is 35.5. The molecule has 2 rings (SSSR count). The molecule has 5 heteroatoms. The van der Waals surface area contributed by atoms with Gasteiger partial charge in [-0.25, -0.2) is 4.39 Å². The van der Waals surface area contributed by atoms with Gasteiger partial charge in [0.25, 0.3) is 0 Å². The third-order valence-electron chi connectivity index (χ3n) is 3.40. The van der Waals surface area contributed by atoms with Crippen molar-refractivity contribution in [3.05, 3.63) is 58.4 Å². The number of hydrogen-bond donors (Lipinski definition) is 0. The molecule has 2 aromatic rings. The Morgan fingerprint density at radius 2 is 2.05 bits per heavy atom. The molecule has 116 valence electrons. The number of rotatable bonds is 5. The van der Waals surface area contributed by atoms with Gasteiger partial charge in [-0.05, 0) is 37.3 Å². The van der Waals surface area contributed by atoms with Crippen molar-refractivity contribution in [3.8, 4) is 5.75 Å². The zero-order valence-corrected chi connectivity index (χ0v) is 13.4. The van der Waals surface area contributed by atoms with Crippen molar-refractivity contribution in [1.82, 2.24) is 0 Å². The standard InChI is InChI=1S/C17H17ClFNO2/c1-11(21)17-14(19)5-4-6-15(17)20(2)10-12-9-13(18)7-8-16(12)22-3/h4-9H,10H2,1-3H3. The molecule has 0 aliphatic heterocycles. The highest BCUT2D eigenvalue weighted by Crippen LogP contribution is 2.28. The third-order valence-corrected chi connectivity index (χ3v) is 3.64. The summed E-state index contributed by atoms with van der Waals surface area (Å²) >= 11 is 6.02. The molecule has 0 heterocycles. The fraction of sp³-hybridized carbons (Fsp3) is 0.235. The Labute approximate surface area is 134 Å². The van der Waals surface area contributed by atoms with Gasteiger partial charge in [-0.15, -0.1) is 0 Å². The normalized spacial score (nSPS) is 10.4. The van der Waals surface area contributed by atoms with E-state index in [0.29, 0.717) is 23.0 Å². The van der Waals surface area contributed by atoms with Crippen LogP contribution in [0.4, 0.5) is 10.1 Å².